The van der Waals surface area contributed by atoms with Crippen LogP contribution < -0.4 is 10.6 Å². The Morgan fingerprint density at radius 2 is 2.09 bits per heavy atom. The van der Waals surface area contributed by atoms with E-state index in [0.717, 1.165) is 13.1 Å². The summed E-state index contributed by atoms with van der Waals surface area (Å²) in [5.74, 6) is 0. The average Bonchev–Trinajstić information content (AvgIpc) is 2.45. The van der Waals surface area contributed by atoms with Gasteiger partial charge in [-0.25, -0.2) is 4.79 Å². The number of nitrogens with zero attached hydrogens (tertiary/aromatic N) is 2. The molecule has 0 spiro atoms. The first-order chi connectivity index (χ1) is 10.4. The normalized spacial score (nSPS) is 23.1. The van der Waals surface area contributed by atoms with Gasteiger partial charge in [0.1, 0.15) is 0 Å². The SMILES string of the molecule is C[C@@H]1CN(C(C)(C)CNC(=O)Nc2cccnc2)C[C@H](C)O1. The van der Waals surface area contributed by atoms with Crippen LogP contribution >= 0.6 is 0 Å². The Hall–Kier alpha value is -1.66. The van der Waals surface area contributed by atoms with Crippen molar-refractivity contribution in [1.29, 1.82) is 0 Å². The van der Waals surface area contributed by atoms with E-state index in [1.165, 1.54) is 0 Å². The number of hydrogen-bond acceptors (Lipinski definition) is 4. The minimum Gasteiger partial charge on any atom is -0.373 e. The zero-order chi connectivity index (χ0) is 16.2. The topological polar surface area (TPSA) is 66.5 Å². The second kappa shape index (κ2) is 7.07. The molecule has 0 aromatic carbocycles. The molecule has 1 saturated heterocycles. The van der Waals surface area contributed by atoms with E-state index in [2.05, 4.69) is 48.2 Å². The van der Waals surface area contributed by atoms with Crippen molar-refractivity contribution >= 4 is 11.7 Å². The van der Waals surface area contributed by atoms with Crippen molar-refractivity contribution in [2.75, 3.05) is 25.0 Å². The van der Waals surface area contributed by atoms with Gasteiger partial charge in [0.25, 0.3) is 0 Å². The lowest BCUT2D eigenvalue weighted by Crippen LogP contribution is -2.58. The quantitative estimate of drug-likeness (QED) is 0.894. The van der Waals surface area contributed by atoms with E-state index in [9.17, 15) is 4.79 Å². The summed E-state index contributed by atoms with van der Waals surface area (Å²) >= 11 is 0. The van der Waals surface area contributed by atoms with Gasteiger partial charge in [0.15, 0.2) is 0 Å². The summed E-state index contributed by atoms with van der Waals surface area (Å²) in [6.07, 6.45) is 3.72. The maximum absolute atomic E-state index is 12.0. The van der Waals surface area contributed by atoms with Crippen molar-refractivity contribution in [2.45, 2.75) is 45.4 Å². The van der Waals surface area contributed by atoms with Crippen molar-refractivity contribution in [1.82, 2.24) is 15.2 Å². The third-order valence-corrected chi connectivity index (χ3v) is 3.88. The number of aromatic nitrogens is 1. The van der Waals surface area contributed by atoms with Gasteiger partial charge in [-0.05, 0) is 39.8 Å². The summed E-state index contributed by atoms with van der Waals surface area (Å²) in [7, 11) is 0. The molecule has 122 valence electrons. The molecule has 1 aromatic heterocycles. The standard InChI is InChI=1S/C16H26N4O2/c1-12-9-20(10-13(2)22-12)16(3,4)11-18-15(21)19-14-6-5-7-17-8-14/h5-8,12-13H,9-11H2,1-4H3,(H2,18,19,21)/t12-,13+. The van der Waals surface area contributed by atoms with Crippen LogP contribution in [-0.2, 0) is 4.74 Å². The largest absolute Gasteiger partial charge is 0.373 e. The summed E-state index contributed by atoms with van der Waals surface area (Å²) < 4.78 is 5.77. The number of anilines is 1. The lowest BCUT2D eigenvalue weighted by atomic mass is 10.00. The van der Waals surface area contributed by atoms with Crippen LogP contribution in [0.15, 0.2) is 24.5 Å². The second-order valence-corrected chi connectivity index (χ2v) is 6.52. The van der Waals surface area contributed by atoms with Crippen LogP contribution in [0, 0.1) is 0 Å². The first kappa shape index (κ1) is 16.7. The van der Waals surface area contributed by atoms with Crippen molar-refractivity contribution in [2.24, 2.45) is 0 Å². The molecule has 2 N–H and O–H groups in total. The molecule has 0 saturated carbocycles. The van der Waals surface area contributed by atoms with Crippen LogP contribution in [0.3, 0.4) is 0 Å². The summed E-state index contributed by atoms with van der Waals surface area (Å²) in [6, 6.07) is 3.38. The number of carbonyl (C=O) groups is 1. The van der Waals surface area contributed by atoms with Gasteiger partial charge in [0, 0.05) is 31.4 Å². The zero-order valence-corrected chi connectivity index (χ0v) is 13.8. The fourth-order valence-corrected chi connectivity index (χ4v) is 2.69. The number of urea groups is 1. The van der Waals surface area contributed by atoms with E-state index in [1.54, 1.807) is 18.5 Å². The Labute approximate surface area is 132 Å². The molecule has 6 heteroatoms. The third-order valence-electron chi connectivity index (χ3n) is 3.88. The Morgan fingerprint density at radius 1 is 1.41 bits per heavy atom. The number of hydrogen-bond donors (Lipinski definition) is 2. The highest BCUT2D eigenvalue weighted by Gasteiger charge is 2.33. The number of carbonyl (C=O) groups excluding carboxylic acids is 1. The molecule has 2 rings (SSSR count). The molecule has 0 aliphatic carbocycles. The van der Waals surface area contributed by atoms with Crippen LogP contribution in [0.5, 0.6) is 0 Å². The predicted octanol–water partition coefficient (Wildman–Crippen LogP) is 2.09. The van der Waals surface area contributed by atoms with Gasteiger partial charge >= 0.3 is 6.03 Å². The maximum Gasteiger partial charge on any atom is 0.319 e. The van der Waals surface area contributed by atoms with E-state index in [-0.39, 0.29) is 23.8 Å². The summed E-state index contributed by atoms with van der Waals surface area (Å²) in [4.78, 5) is 18.3. The van der Waals surface area contributed by atoms with Crippen LogP contribution in [0.4, 0.5) is 10.5 Å². The van der Waals surface area contributed by atoms with E-state index in [0.29, 0.717) is 12.2 Å². The van der Waals surface area contributed by atoms with Crippen molar-refractivity contribution in [3.63, 3.8) is 0 Å². The van der Waals surface area contributed by atoms with Crippen molar-refractivity contribution in [3.8, 4) is 0 Å². The van der Waals surface area contributed by atoms with E-state index < -0.39 is 0 Å². The molecule has 1 aliphatic rings. The molecule has 0 radical (unpaired) electrons. The number of rotatable bonds is 4. The molecule has 22 heavy (non-hydrogen) atoms. The van der Waals surface area contributed by atoms with E-state index >= 15 is 0 Å². The van der Waals surface area contributed by atoms with Crippen LogP contribution in [0.2, 0.25) is 0 Å². The van der Waals surface area contributed by atoms with Crippen LogP contribution in [0.1, 0.15) is 27.7 Å². The fourth-order valence-electron chi connectivity index (χ4n) is 2.69. The molecular weight excluding hydrogens is 280 g/mol. The van der Waals surface area contributed by atoms with Crippen molar-refractivity contribution < 1.29 is 9.53 Å². The Balaban J connectivity index is 1.85. The molecule has 1 fully saturated rings. The molecule has 0 unspecified atom stereocenters. The first-order valence-corrected chi connectivity index (χ1v) is 7.72. The van der Waals surface area contributed by atoms with Gasteiger partial charge in [-0.1, -0.05) is 0 Å². The number of amides is 2. The van der Waals surface area contributed by atoms with Gasteiger partial charge in [0.2, 0.25) is 0 Å². The van der Waals surface area contributed by atoms with Gasteiger partial charge in [0.05, 0.1) is 24.1 Å². The zero-order valence-electron chi connectivity index (χ0n) is 13.8. The minimum absolute atomic E-state index is 0.126. The predicted molar refractivity (Wildman–Crippen MR) is 86.9 cm³/mol. The van der Waals surface area contributed by atoms with Crippen LogP contribution in [-0.4, -0.2) is 53.3 Å². The molecule has 0 bridgehead atoms. The van der Waals surface area contributed by atoms with Gasteiger partial charge in [-0.3, -0.25) is 9.88 Å². The smallest absolute Gasteiger partial charge is 0.319 e. The van der Waals surface area contributed by atoms with Crippen molar-refractivity contribution in [3.05, 3.63) is 24.5 Å². The third kappa shape index (κ3) is 4.68. The summed E-state index contributed by atoms with van der Waals surface area (Å²) in [5, 5.41) is 5.72. The highest BCUT2D eigenvalue weighted by molar-refractivity contribution is 5.88. The molecule has 6 nitrogen and oxygen atoms in total. The number of morpholine rings is 1. The number of pyridine rings is 1. The highest BCUT2D eigenvalue weighted by atomic mass is 16.5. The maximum atomic E-state index is 12.0. The lowest BCUT2D eigenvalue weighted by molar-refractivity contribution is -0.0947. The second-order valence-electron chi connectivity index (χ2n) is 6.52. The Bertz CT molecular complexity index is 482. The molecule has 1 aliphatic heterocycles. The van der Waals surface area contributed by atoms with E-state index in [1.807, 2.05) is 6.07 Å². The Kier molecular flexibility index (Phi) is 5.37. The van der Waals surface area contributed by atoms with Crippen LogP contribution in [0.25, 0.3) is 0 Å². The number of ether oxygens (including phenoxy) is 1. The fraction of sp³-hybridized carbons (Fsp3) is 0.625. The number of nitrogens with one attached hydrogen (secondary N) is 2. The summed E-state index contributed by atoms with van der Waals surface area (Å²) in [6.45, 7) is 10.8. The average molecular weight is 306 g/mol. The molecule has 1 aromatic rings. The van der Waals surface area contributed by atoms with E-state index in [4.69, 9.17) is 4.74 Å². The monoisotopic (exact) mass is 306 g/mol. The lowest BCUT2D eigenvalue weighted by Gasteiger charge is -2.45. The molecule has 2 atom stereocenters. The molecular formula is C16H26N4O2. The van der Waals surface area contributed by atoms with Gasteiger partial charge in [-0.15, -0.1) is 0 Å². The highest BCUT2D eigenvalue weighted by Crippen LogP contribution is 2.20. The van der Waals surface area contributed by atoms with Gasteiger partial charge < -0.3 is 15.4 Å². The Morgan fingerprint density at radius 3 is 2.68 bits per heavy atom. The van der Waals surface area contributed by atoms with Gasteiger partial charge in [-0.2, -0.15) is 0 Å². The molecule has 2 amide bonds. The minimum atomic E-state index is -0.213. The first-order valence-electron chi connectivity index (χ1n) is 7.72. The summed E-state index contributed by atoms with van der Waals surface area (Å²) in [5.41, 5.74) is 0.560. The molecule has 2 heterocycles.